The standard InChI is InChI=1S/C16H15NO2/c17-9-16(18)19-10-15-13-7-3-1-5-11(13)12-6-2-4-8-14(12)15/h1-8,15H,9-10,17H2/p+1. The molecule has 0 heterocycles. The first-order valence-electron chi connectivity index (χ1n) is 6.44. The van der Waals surface area contributed by atoms with Gasteiger partial charge in [0, 0.05) is 5.92 Å². The molecule has 0 saturated heterocycles. The lowest BCUT2D eigenvalue weighted by Gasteiger charge is -2.13. The molecule has 0 saturated carbocycles. The normalized spacial score (nSPS) is 12.9. The Labute approximate surface area is 112 Å². The highest BCUT2D eigenvalue weighted by Gasteiger charge is 2.28. The maximum atomic E-state index is 11.3. The molecular formula is C16H16NO2+. The minimum absolute atomic E-state index is 0.142. The lowest BCUT2D eigenvalue weighted by atomic mass is 9.98. The molecule has 96 valence electrons. The molecular weight excluding hydrogens is 238 g/mol. The van der Waals surface area contributed by atoms with Gasteiger partial charge in [-0.15, -0.1) is 0 Å². The molecule has 0 amide bonds. The molecule has 3 N–H and O–H groups in total. The average molecular weight is 254 g/mol. The maximum absolute atomic E-state index is 11.3. The van der Waals surface area contributed by atoms with E-state index in [1.165, 1.54) is 22.3 Å². The summed E-state index contributed by atoms with van der Waals surface area (Å²) in [6.45, 7) is 0.568. The van der Waals surface area contributed by atoms with Crippen LogP contribution in [-0.2, 0) is 9.53 Å². The summed E-state index contributed by atoms with van der Waals surface area (Å²) in [7, 11) is 0. The number of quaternary nitrogens is 1. The monoisotopic (exact) mass is 254 g/mol. The summed E-state index contributed by atoms with van der Waals surface area (Å²) in [5, 5.41) is 0. The van der Waals surface area contributed by atoms with Gasteiger partial charge in [-0.1, -0.05) is 48.5 Å². The van der Waals surface area contributed by atoms with Crippen molar-refractivity contribution in [2.24, 2.45) is 0 Å². The quantitative estimate of drug-likeness (QED) is 0.846. The van der Waals surface area contributed by atoms with Crippen LogP contribution in [0.3, 0.4) is 0 Å². The largest absolute Gasteiger partial charge is 0.461 e. The first kappa shape index (κ1) is 11.9. The van der Waals surface area contributed by atoms with Crippen molar-refractivity contribution in [2.75, 3.05) is 13.2 Å². The van der Waals surface area contributed by atoms with Gasteiger partial charge in [0.25, 0.3) is 0 Å². The van der Waals surface area contributed by atoms with Crippen molar-refractivity contribution in [3.63, 3.8) is 0 Å². The fraction of sp³-hybridized carbons (Fsp3) is 0.188. The first-order valence-corrected chi connectivity index (χ1v) is 6.44. The Bertz CT molecular complexity index is 576. The van der Waals surface area contributed by atoms with Crippen molar-refractivity contribution in [1.29, 1.82) is 0 Å². The molecule has 0 bridgehead atoms. The molecule has 3 rings (SSSR count). The van der Waals surface area contributed by atoms with Crippen LogP contribution in [0.4, 0.5) is 0 Å². The highest BCUT2D eigenvalue weighted by Crippen LogP contribution is 2.44. The molecule has 0 aromatic heterocycles. The summed E-state index contributed by atoms with van der Waals surface area (Å²) in [4.78, 5) is 11.3. The van der Waals surface area contributed by atoms with Crippen molar-refractivity contribution >= 4 is 5.97 Å². The zero-order valence-electron chi connectivity index (χ0n) is 10.6. The van der Waals surface area contributed by atoms with Gasteiger partial charge in [-0.3, -0.25) is 0 Å². The van der Waals surface area contributed by atoms with Crippen molar-refractivity contribution < 1.29 is 15.3 Å². The molecule has 0 atom stereocenters. The van der Waals surface area contributed by atoms with Gasteiger partial charge in [-0.25, -0.2) is 4.79 Å². The predicted molar refractivity (Wildman–Crippen MR) is 72.4 cm³/mol. The molecule has 19 heavy (non-hydrogen) atoms. The smallest absolute Gasteiger partial charge is 0.361 e. The molecule has 1 aliphatic carbocycles. The summed E-state index contributed by atoms with van der Waals surface area (Å²) in [5.74, 6) is -0.107. The van der Waals surface area contributed by atoms with Crippen LogP contribution in [0.15, 0.2) is 48.5 Å². The van der Waals surface area contributed by atoms with E-state index in [9.17, 15) is 4.79 Å². The van der Waals surface area contributed by atoms with Crippen molar-refractivity contribution in [1.82, 2.24) is 0 Å². The van der Waals surface area contributed by atoms with E-state index in [0.717, 1.165) is 0 Å². The van der Waals surface area contributed by atoms with Gasteiger partial charge in [-0.2, -0.15) is 0 Å². The second-order valence-corrected chi connectivity index (χ2v) is 4.66. The Morgan fingerprint density at radius 3 is 2.05 bits per heavy atom. The third-order valence-electron chi connectivity index (χ3n) is 3.58. The van der Waals surface area contributed by atoms with Gasteiger partial charge in [0.05, 0.1) is 0 Å². The molecule has 0 aliphatic heterocycles. The highest BCUT2D eigenvalue weighted by molar-refractivity contribution is 5.79. The fourth-order valence-corrected chi connectivity index (χ4v) is 2.69. The summed E-state index contributed by atoms with van der Waals surface area (Å²) in [6, 6.07) is 16.6. The van der Waals surface area contributed by atoms with Crippen LogP contribution in [0.2, 0.25) is 0 Å². The second kappa shape index (κ2) is 4.86. The van der Waals surface area contributed by atoms with Crippen LogP contribution in [0, 0.1) is 0 Å². The SMILES string of the molecule is [NH3+]CC(=O)OCC1c2ccccc2-c2ccccc21. The van der Waals surface area contributed by atoms with Crippen molar-refractivity contribution in [3.8, 4) is 11.1 Å². The summed E-state index contributed by atoms with van der Waals surface area (Å²) in [6.07, 6.45) is 0. The van der Waals surface area contributed by atoms with Gasteiger partial charge in [-0.05, 0) is 22.3 Å². The molecule has 0 fully saturated rings. The number of carbonyl (C=O) groups is 1. The lowest BCUT2D eigenvalue weighted by molar-refractivity contribution is -0.359. The number of carbonyl (C=O) groups excluding carboxylic acids is 1. The van der Waals surface area contributed by atoms with E-state index in [1.54, 1.807) is 0 Å². The average Bonchev–Trinajstić information content (AvgIpc) is 2.79. The van der Waals surface area contributed by atoms with Crippen LogP contribution in [0.1, 0.15) is 17.0 Å². The van der Waals surface area contributed by atoms with Crippen LogP contribution in [0.25, 0.3) is 11.1 Å². The topological polar surface area (TPSA) is 53.9 Å². The molecule has 3 nitrogen and oxygen atoms in total. The third kappa shape index (κ3) is 2.02. The zero-order chi connectivity index (χ0) is 13.2. The van der Waals surface area contributed by atoms with Crippen LogP contribution in [-0.4, -0.2) is 19.1 Å². The Hall–Kier alpha value is -2.13. The minimum atomic E-state index is -0.248. The number of rotatable bonds is 3. The van der Waals surface area contributed by atoms with Gasteiger partial charge in [0.1, 0.15) is 6.61 Å². The van der Waals surface area contributed by atoms with E-state index in [0.29, 0.717) is 6.61 Å². The fourth-order valence-electron chi connectivity index (χ4n) is 2.69. The van der Waals surface area contributed by atoms with E-state index in [2.05, 4.69) is 30.0 Å². The molecule has 0 spiro atoms. The number of ether oxygens (including phenoxy) is 1. The van der Waals surface area contributed by atoms with Crippen LogP contribution >= 0.6 is 0 Å². The highest BCUT2D eigenvalue weighted by atomic mass is 16.5. The number of esters is 1. The molecule has 1 aliphatic rings. The Morgan fingerprint density at radius 1 is 1.00 bits per heavy atom. The zero-order valence-corrected chi connectivity index (χ0v) is 10.6. The maximum Gasteiger partial charge on any atom is 0.361 e. The Morgan fingerprint density at radius 2 is 1.53 bits per heavy atom. The van der Waals surface area contributed by atoms with Crippen LogP contribution in [0.5, 0.6) is 0 Å². The number of hydrogen-bond acceptors (Lipinski definition) is 2. The molecule has 3 heteroatoms. The van der Waals surface area contributed by atoms with E-state index < -0.39 is 0 Å². The van der Waals surface area contributed by atoms with E-state index in [-0.39, 0.29) is 18.4 Å². The minimum Gasteiger partial charge on any atom is -0.461 e. The number of benzene rings is 2. The molecule has 0 unspecified atom stereocenters. The Kier molecular flexibility index (Phi) is 3.05. The lowest BCUT2D eigenvalue weighted by Crippen LogP contribution is -2.54. The van der Waals surface area contributed by atoms with Crippen LogP contribution < -0.4 is 5.73 Å². The molecule has 2 aromatic carbocycles. The first-order chi connectivity index (χ1) is 9.31. The van der Waals surface area contributed by atoms with Crippen molar-refractivity contribution in [3.05, 3.63) is 59.7 Å². The second-order valence-electron chi connectivity index (χ2n) is 4.66. The Balaban J connectivity index is 1.98. The van der Waals surface area contributed by atoms with Gasteiger partial charge in [0.15, 0.2) is 6.54 Å². The molecule has 2 aromatic rings. The van der Waals surface area contributed by atoms with E-state index >= 15 is 0 Å². The van der Waals surface area contributed by atoms with Gasteiger partial charge >= 0.3 is 5.97 Å². The summed E-state index contributed by atoms with van der Waals surface area (Å²) < 4.78 is 5.29. The third-order valence-corrected chi connectivity index (χ3v) is 3.58. The van der Waals surface area contributed by atoms with E-state index in [1.807, 2.05) is 24.3 Å². The number of fused-ring (bicyclic) bond motifs is 3. The van der Waals surface area contributed by atoms with Crippen molar-refractivity contribution in [2.45, 2.75) is 5.92 Å². The van der Waals surface area contributed by atoms with Gasteiger partial charge in [0.2, 0.25) is 0 Å². The molecule has 0 radical (unpaired) electrons. The van der Waals surface area contributed by atoms with E-state index in [4.69, 9.17) is 4.74 Å². The summed E-state index contributed by atoms with van der Waals surface area (Å²) >= 11 is 0. The summed E-state index contributed by atoms with van der Waals surface area (Å²) in [5.41, 5.74) is 8.51. The predicted octanol–water partition coefficient (Wildman–Crippen LogP) is 1.58. The number of hydrogen-bond donors (Lipinski definition) is 1. The van der Waals surface area contributed by atoms with Gasteiger partial charge < -0.3 is 10.5 Å².